The van der Waals surface area contributed by atoms with Crippen LogP contribution >= 0.6 is 23.2 Å². The molecule has 1 atom stereocenters. The molecule has 0 saturated carbocycles. The van der Waals surface area contributed by atoms with Gasteiger partial charge >= 0.3 is 0 Å². The van der Waals surface area contributed by atoms with Crippen molar-refractivity contribution < 1.29 is 4.79 Å². The number of hydrogen-bond donors (Lipinski definition) is 1. The number of aromatic nitrogens is 2. The van der Waals surface area contributed by atoms with E-state index in [9.17, 15) is 4.79 Å². The number of carbonyl (C=O) groups is 1. The number of fused-ring (bicyclic) bond motifs is 1. The molecule has 2 N–H and O–H groups in total. The summed E-state index contributed by atoms with van der Waals surface area (Å²) < 4.78 is 1.82. The summed E-state index contributed by atoms with van der Waals surface area (Å²) in [6.07, 6.45) is 4.77. The average molecular weight is 379 g/mol. The van der Waals surface area contributed by atoms with Gasteiger partial charge in [-0.1, -0.05) is 23.2 Å². The second-order valence-corrected chi connectivity index (χ2v) is 7.51. The van der Waals surface area contributed by atoms with E-state index in [-0.39, 0.29) is 11.9 Å². The molecule has 4 rings (SSSR count). The zero-order valence-corrected chi connectivity index (χ0v) is 15.4. The lowest BCUT2D eigenvalue weighted by Gasteiger charge is -2.22. The number of rotatable bonds is 3. The molecule has 25 heavy (non-hydrogen) atoms. The lowest BCUT2D eigenvalue weighted by atomic mass is 10.1. The fourth-order valence-corrected chi connectivity index (χ4v) is 4.43. The first-order chi connectivity index (χ1) is 12.1. The van der Waals surface area contributed by atoms with E-state index in [4.69, 9.17) is 28.9 Å². The summed E-state index contributed by atoms with van der Waals surface area (Å²) in [7, 11) is 0. The third kappa shape index (κ3) is 2.84. The minimum absolute atomic E-state index is 0.00469. The Labute approximate surface area is 156 Å². The fourth-order valence-electron chi connectivity index (χ4n) is 3.95. The molecule has 2 heterocycles. The normalized spacial score (nSPS) is 19.5. The number of likely N-dealkylation sites (tertiary alicyclic amines) is 1. The van der Waals surface area contributed by atoms with Crippen LogP contribution in [0, 0.1) is 0 Å². The van der Waals surface area contributed by atoms with Crippen molar-refractivity contribution in [3.05, 3.63) is 45.2 Å². The van der Waals surface area contributed by atoms with Gasteiger partial charge in [0, 0.05) is 35.4 Å². The van der Waals surface area contributed by atoms with Crippen molar-refractivity contribution in [2.45, 2.75) is 38.1 Å². The summed E-state index contributed by atoms with van der Waals surface area (Å²) >= 11 is 12.4. The van der Waals surface area contributed by atoms with E-state index in [1.807, 2.05) is 15.6 Å². The summed E-state index contributed by atoms with van der Waals surface area (Å²) in [6.45, 7) is 1.25. The maximum absolute atomic E-state index is 13.1. The molecule has 1 aromatic heterocycles. The highest BCUT2D eigenvalue weighted by molar-refractivity contribution is 6.35. The van der Waals surface area contributed by atoms with Gasteiger partial charge in [0.25, 0.3) is 5.91 Å². The van der Waals surface area contributed by atoms with E-state index in [2.05, 4.69) is 5.10 Å². The molecule has 0 spiro atoms. The number of halogens is 2. The van der Waals surface area contributed by atoms with Crippen molar-refractivity contribution in [2.75, 3.05) is 13.1 Å². The number of nitrogens with zero attached hydrogens (tertiary/aromatic N) is 3. The number of nitrogens with two attached hydrogens (primary N) is 1. The predicted octanol–water partition coefficient (Wildman–Crippen LogP) is 3.23. The van der Waals surface area contributed by atoms with Crippen molar-refractivity contribution in [2.24, 2.45) is 5.73 Å². The molecular weight excluding hydrogens is 359 g/mol. The van der Waals surface area contributed by atoms with Crippen LogP contribution in [-0.4, -0.2) is 39.7 Å². The van der Waals surface area contributed by atoms with Crippen molar-refractivity contribution in [3.63, 3.8) is 0 Å². The van der Waals surface area contributed by atoms with Gasteiger partial charge in [-0.15, -0.1) is 0 Å². The number of amides is 1. The minimum Gasteiger partial charge on any atom is -0.333 e. The van der Waals surface area contributed by atoms with E-state index in [1.165, 1.54) is 0 Å². The lowest BCUT2D eigenvalue weighted by molar-refractivity contribution is 0.0733. The smallest absolute Gasteiger partial charge is 0.274 e. The predicted molar refractivity (Wildman–Crippen MR) is 98.7 cm³/mol. The Kier molecular flexibility index (Phi) is 4.48. The average Bonchev–Trinajstić information content (AvgIpc) is 3.30. The molecule has 0 bridgehead atoms. The van der Waals surface area contributed by atoms with Crippen molar-refractivity contribution in [3.8, 4) is 5.69 Å². The summed E-state index contributed by atoms with van der Waals surface area (Å²) in [5, 5.41) is 5.78. The molecule has 1 aromatic carbocycles. The Bertz CT molecular complexity index is 833. The van der Waals surface area contributed by atoms with Crippen LogP contribution in [0.25, 0.3) is 5.69 Å². The van der Waals surface area contributed by atoms with E-state index in [0.29, 0.717) is 22.3 Å². The van der Waals surface area contributed by atoms with Gasteiger partial charge in [-0.3, -0.25) is 4.79 Å². The molecule has 132 valence electrons. The highest BCUT2D eigenvalue weighted by atomic mass is 35.5. The Hall–Kier alpha value is -1.56. The van der Waals surface area contributed by atoms with Crippen LogP contribution in [0.5, 0.6) is 0 Å². The number of carbonyl (C=O) groups excluding carboxylic acids is 1. The van der Waals surface area contributed by atoms with Crippen molar-refractivity contribution in [1.82, 2.24) is 14.7 Å². The molecule has 7 heteroatoms. The van der Waals surface area contributed by atoms with Crippen LogP contribution in [0.4, 0.5) is 0 Å². The van der Waals surface area contributed by atoms with Crippen LogP contribution < -0.4 is 5.73 Å². The zero-order chi connectivity index (χ0) is 17.6. The van der Waals surface area contributed by atoms with Crippen LogP contribution in [0.15, 0.2) is 18.2 Å². The standard InChI is InChI=1S/C18H20Cl2N4O/c19-11-6-7-16(14(20)9-11)24-15-5-1-4-13(15)17(22-24)18(25)23-8-2-3-12(23)10-21/h6-7,9,12H,1-5,8,10,21H2. The van der Waals surface area contributed by atoms with Crippen molar-refractivity contribution >= 4 is 29.1 Å². The van der Waals surface area contributed by atoms with Gasteiger partial charge in [0.05, 0.1) is 10.7 Å². The zero-order valence-electron chi connectivity index (χ0n) is 13.8. The number of benzene rings is 1. The van der Waals surface area contributed by atoms with E-state index >= 15 is 0 Å². The van der Waals surface area contributed by atoms with Gasteiger partial charge in [0.15, 0.2) is 5.69 Å². The molecule has 1 aliphatic heterocycles. The summed E-state index contributed by atoms with van der Waals surface area (Å²) in [5.74, 6) is -0.00469. The van der Waals surface area contributed by atoms with Gasteiger partial charge in [0.1, 0.15) is 0 Å². The molecule has 1 fully saturated rings. The quantitative estimate of drug-likeness (QED) is 0.891. The molecule has 1 saturated heterocycles. The van der Waals surface area contributed by atoms with Gasteiger partial charge in [-0.25, -0.2) is 4.68 Å². The molecule has 1 aliphatic carbocycles. The van der Waals surface area contributed by atoms with E-state index in [1.54, 1.807) is 12.1 Å². The van der Waals surface area contributed by atoms with Gasteiger partial charge in [-0.05, 0) is 50.3 Å². The summed E-state index contributed by atoms with van der Waals surface area (Å²) in [6, 6.07) is 5.46. The monoisotopic (exact) mass is 378 g/mol. The fraction of sp³-hybridized carbons (Fsp3) is 0.444. The Morgan fingerprint density at radius 3 is 2.88 bits per heavy atom. The highest BCUT2D eigenvalue weighted by Crippen LogP contribution is 2.32. The molecule has 1 unspecified atom stereocenters. The summed E-state index contributed by atoms with van der Waals surface area (Å²) in [5.41, 5.74) is 9.29. The first-order valence-corrected chi connectivity index (χ1v) is 9.43. The Morgan fingerprint density at radius 1 is 1.28 bits per heavy atom. The molecule has 5 nitrogen and oxygen atoms in total. The minimum atomic E-state index is -0.00469. The topological polar surface area (TPSA) is 64.2 Å². The van der Waals surface area contributed by atoms with Gasteiger partial charge in [-0.2, -0.15) is 5.10 Å². The maximum atomic E-state index is 13.1. The van der Waals surface area contributed by atoms with E-state index in [0.717, 1.165) is 55.6 Å². The van der Waals surface area contributed by atoms with Crippen LogP contribution in [0.2, 0.25) is 10.0 Å². The van der Waals surface area contributed by atoms with E-state index < -0.39 is 0 Å². The lowest BCUT2D eigenvalue weighted by Crippen LogP contribution is -2.40. The largest absolute Gasteiger partial charge is 0.333 e. The highest BCUT2D eigenvalue weighted by Gasteiger charge is 2.34. The third-order valence-electron chi connectivity index (χ3n) is 5.18. The third-order valence-corrected chi connectivity index (χ3v) is 5.72. The first kappa shape index (κ1) is 16.9. The second kappa shape index (κ2) is 6.63. The van der Waals surface area contributed by atoms with Crippen molar-refractivity contribution in [1.29, 1.82) is 0 Å². The summed E-state index contributed by atoms with van der Waals surface area (Å²) in [4.78, 5) is 15.0. The van der Waals surface area contributed by atoms with Crippen LogP contribution in [-0.2, 0) is 12.8 Å². The van der Waals surface area contributed by atoms with Gasteiger partial charge < -0.3 is 10.6 Å². The Morgan fingerprint density at radius 2 is 2.12 bits per heavy atom. The first-order valence-electron chi connectivity index (χ1n) is 8.67. The van der Waals surface area contributed by atoms with Gasteiger partial charge in [0.2, 0.25) is 0 Å². The Balaban J connectivity index is 1.77. The molecule has 2 aromatic rings. The molecule has 1 amide bonds. The molecule has 2 aliphatic rings. The van der Waals surface area contributed by atoms with Crippen LogP contribution in [0.1, 0.15) is 41.0 Å². The molecule has 0 radical (unpaired) electrons. The van der Waals surface area contributed by atoms with Crippen LogP contribution in [0.3, 0.4) is 0 Å². The second-order valence-electron chi connectivity index (χ2n) is 6.67. The SMILES string of the molecule is NCC1CCCN1C(=O)c1nn(-c2ccc(Cl)cc2Cl)c2c1CCC2. The maximum Gasteiger partial charge on any atom is 0.274 e. The molecular formula is C18H20Cl2N4O. The number of hydrogen-bond acceptors (Lipinski definition) is 3.